The molecule has 5 nitrogen and oxygen atoms in total. The van der Waals surface area contributed by atoms with E-state index in [4.69, 9.17) is 20.1 Å². The fraction of sp³-hybridized carbons (Fsp3) is 0.222. The number of nitrogens with two attached hydrogens (primary N) is 1. The number of fused-ring (bicyclic) bond motifs is 1. The van der Waals surface area contributed by atoms with Gasteiger partial charge in [-0.15, -0.1) is 0 Å². The highest BCUT2D eigenvalue weighted by atomic mass is 16.5. The number of hydrogen-bond donors (Lipinski definition) is 2. The second-order valence-electron chi connectivity index (χ2n) is 2.90. The Morgan fingerprint density at radius 3 is 3.00 bits per heavy atom. The molecule has 74 valence electrons. The summed E-state index contributed by atoms with van der Waals surface area (Å²) in [6.07, 6.45) is 0. The normalized spacial score (nSPS) is 10.7. The number of aliphatic hydroxyl groups is 1. The maximum absolute atomic E-state index is 8.97. The van der Waals surface area contributed by atoms with Crippen molar-refractivity contribution < 1.29 is 14.4 Å². The molecule has 1 aromatic heterocycles. The Bertz CT molecular complexity index is 464. The molecule has 0 saturated heterocycles. The number of nitrogens with zero attached hydrogens (tertiary/aromatic N) is 1. The van der Waals surface area contributed by atoms with E-state index in [-0.39, 0.29) is 6.61 Å². The summed E-state index contributed by atoms with van der Waals surface area (Å²) < 4.78 is 10.1. The van der Waals surface area contributed by atoms with Gasteiger partial charge in [0, 0.05) is 0 Å². The minimum atomic E-state index is -0.0765. The summed E-state index contributed by atoms with van der Waals surface area (Å²) in [6.45, 7) is -0.0765. The van der Waals surface area contributed by atoms with Crippen molar-refractivity contribution in [3.8, 4) is 5.75 Å². The molecule has 2 rings (SSSR count). The Balaban J connectivity index is 2.76. The van der Waals surface area contributed by atoms with Crippen molar-refractivity contribution in [2.45, 2.75) is 6.61 Å². The lowest BCUT2D eigenvalue weighted by atomic mass is 10.1. The van der Waals surface area contributed by atoms with Crippen LogP contribution in [0.5, 0.6) is 5.75 Å². The molecule has 0 aliphatic carbocycles. The molecular weight excluding hydrogens is 184 g/mol. The summed E-state index contributed by atoms with van der Waals surface area (Å²) in [5, 5.41) is 13.2. The third kappa shape index (κ3) is 1.18. The Kier molecular flexibility index (Phi) is 2.01. The number of aliphatic hydroxyl groups excluding tert-OH is 1. The number of hydrogen-bond acceptors (Lipinski definition) is 5. The Hall–Kier alpha value is -1.75. The molecule has 0 unspecified atom stereocenters. The average molecular weight is 194 g/mol. The summed E-state index contributed by atoms with van der Waals surface area (Å²) in [6, 6.07) is 3.39. The topological polar surface area (TPSA) is 81.5 Å². The van der Waals surface area contributed by atoms with Crippen molar-refractivity contribution in [1.82, 2.24) is 5.16 Å². The van der Waals surface area contributed by atoms with Gasteiger partial charge in [-0.05, 0) is 17.7 Å². The second kappa shape index (κ2) is 3.19. The molecule has 0 aliphatic rings. The molecule has 0 atom stereocenters. The number of nitrogen functional groups attached to an aromatic ring is 1. The van der Waals surface area contributed by atoms with Gasteiger partial charge in [-0.3, -0.25) is 0 Å². The highest BCUT2D eigenvalue weighted by Crippen LogP contribution is 2.31. The smallest absolute Gasteiger partial charge is 0.178 e. The first-order valence-corrected chi connectivity index (χ1v) is 4.09. The van der Waals surface area contributed by atoms with Gasteiger partial charge in [0.1, 0.15) is 11.1 Å². The van der Waals surface area contributed by atoms with Gasteiger partial charge in [0.05, 0.1) is 13.7 Å². The number of aromatic nitrogens is 1. The summed E-state index contributed by atoms with van der Waals surface area (Å²) in [4.78, 5) is 0. The predicted octanol–water partition coefficient (Wildman–Crippen LogP) is 0.911. The molecule has 0 bridgehead atoms. The van der Waals surface area contributed by atoms with Crippen molar-refractivity contribution in [1.29, 1.82) is 0 Å². The van der Waals surface area contributed by atoms with Gasteiger partial charge in [0.2, 0.25) is 0 Å². The molecule has 0 aliphatic heterocycles. The van der Waals surface area contributed by atoms with Crippen LogP contribution in [-0.4, -0.2) is 17.4 Å². The van der Waals surface area contributed by atoms with Crippen LogP contribution in [0.1, 0.15) is 5.56 Å². The number of anilines is 1. The fourth-order valence-electron chi connectivity index (χ4n) is 1.36. The maximum atomic E-state index is 8.97. The van der Waals surface area contributed by atoms with Gasteiger partial charge in [-0.2, -0.15) is 0 Å². The third-order valence-electron chi connectivity index (χ3n) is 2.03. The van der Waals surface area contributed by atoms with E-state index in [0.717, 1.165) is 0 Å². The van der Waals surface area contributed by atoms with Gasteiger partial charge in [-0.25, -0.2) is 0 Å². The summed E-state index contributed by atoms with van der Waals surface area (Å²) >= 11 is 0. The maximum Gasteiger partial charge on any atom is 0.178 e. The lowest BCUT2D eigenvalue weighted by molar-refractivity contribution is 0.281. The minimum absolute atomic E-state index is 0.0765. The number of rotatable bonds is 2. The van der Waals surface area contributed by atoms with Crippen LogP contribution in [0.4, 0.5) is 5.82 Å². The van der Waals surface area contributed by atoms with E-state index in [1.165, 1.54) is 7.11 Å². The van der Waals surface area contributed by atoms with E-state index in [2.05, 4.69) is 5.16 Å². The van der Waals surface area contributed by atoms with E-state index in [1.54, 1.807) is 12.1 Å². The van der Waals surface area contributed by atoms with Crippen LogP contribution in [-0.2, 0) is 6.61 Å². The van der Waals surface area contributed by atoms with Crippen LogP contribution >= 0.6 is 0 Å². The van der Waals surface area contributed by atoms with Crippen LogP contribution < -0.4 is 10.5 Å². The van der Waals surface area contributed by atoms with Crippen molar-refractivity contribution >= 4 is 16.8 Å². The quantitative estimate of drug-likeness (QED) is 0.742. The number of benzene rings is 1. The molecule has 0 spiro atoms. The molecule has 3 N–H and O–H groups in total. The molecule has 1 aromatic carbocycles. The molecule has 0 radical (unpaired) electrons. The molecule has 2 aromatic rings. The fourth-order valence-corrected chi connectivity index (χ4v) is 1.36. The predicted molar refractivity (Wildman–Crippen MR) is 50.9 cm³/mol. The van der Waals surface area contributed by atoms with Crippen molar-refractivity contribution in [2.24, 2.45) is 0 Å². The van der Waals surface area contributed by atoms with Gasteiger partial charge in [0.15, 0.2) is 11.4 Å². The third-order valence-corrected chi connectivity index (χ3v) is 2.03. The summed E-state index contributed by atoms with van der Waals surface area (Å²) in [7, 11) is 1.53. The van der Waals surface area contributed by atoms with E-state index in [1.807, 2.05) is 0 Å². The molecule has 0 fully saturated rings. The van der Waals surface area contributed by atoms with Gasteiger partial charge in [0.25, 0.3) is 0 Å². The lowest BCUT2D eigenvalue weighted by Crippen LogP contribution is -1.91. The zero-order chi connectivity index (χ0) is 10.1. The largest absolute Gasteiger partial charge is 0.496 e. The molecule has 1 heterocycles. The molecule has 0 amide bonds. The zero-order valence-corrected chi connectivity index (χ0v) is 7.65. The average Bonchev–Trinajstić information content (AvgIpc) is 2.59. The summed E-state index contributed by atoms with van der Waals surface area (Å²) in [5.41, 5.74) is 6.82. The van der Waals surface area contributed by atoms with Gasteiger partial charge >= 0.3 is 0 Å². The highest BCUT2D eigenvalue weighted by Gasteiger charge is 2.12. The minimum Gasteiger partial charge on any atom is -0.496 e. The van der Waals surface area contributed by atoms with Gasteiger partial charge in [-0.1, -0.05) is 5.16 Å². The van der Waals surface area contributed by atoms with E-state index < -0.39 is 0 Å². The Labute approximate surface area is 80.1 Å². The van der Waals surface area contributed by atoms with Crippen LogP contribution in [0.3, 0.4) is 0 Å². The van der Waals surface area contributed by atoms with Gasteiger partial charge < -0.3 is 20.1 Å². The van der Waals surface area contributed by atoms with E-state index in [0.29, 0.717) is 28.1 Å². The Morgan fingerprint density at radius 1 is 1.57 bits per heavy atom. The first-order chi connectivity index (χ1) is 6.76. The monoisotopic (exact) mass is 194 g/mol. The first kappa shape index (κ1) is 8.83. The second-order valence-corrected chi connectivity index (χ2v) is 2.90. The summed E-state index contributed by atoms with van der Waals surface area (Å²) in [5.74, 6) is 0.853. The van der Waals surface area contributed by atoms with E-state index >= 15 is 0 Å². The van der Waals surface area contributed by atoms with Crippen molar-refractivity contribution in [2.75, 3.05) is 12.8 Å². The van der Waals surface area contributed by atoms with Crippen LogP contribution in [0.15, 0.2) is 16.7 Å². The number of methoxy groups -OCH3 is 1. The van der Waals surface area contributed by atoms with Crippen molar-refractivity contribution in [3.05, 3.63) is 17.7 Å². The number of ether oxygens (including phenoxy) is 1. The molecule has 14 heavy (non-hydrogen) atoms. The van der Waals surface area contributed by atoms with Crippen LogP contribution in [0.25, 0.3) is 11.0 Å². The van der Waals surface area contributed by atoms with Crippen LogP contribution in [0.2, 0.25) is 0 Å². The zero-order valence-electron chi connectivity index (χ0n) is 7.65. The first-order valence-electron chi connectivity index (χ1n) is 4.09. The van der Waals surface area contributed by atoms with E-state index in [9.17, 15) is 0 Å². The SMILES string of the molecule is COc1cc(CO)cc2onc(N)c12. The van der Waals surface area contributed by atoms with Crippen LogP contribution in [0, 0.1) is 0 Å². The Morgan fingerprint density at radius 2 is 2.36 bits per heavy atom. The standard InChI is InChI=1S/C9H10N2O3/c1-13-6-2-5(4-12)3-7-8(6)9(10)11-14-7/h2-3,12H,4H2,1H3,(H2,10,11). The highest BCUT2D eigenvalue weighted by molar-refractivity contribution is 5.93. The molecular formula is C9H10N2O3. The molecule has 0 saturated carbocycles. The van der Waals surface area contributed by atoms with Crippen molar-refractivity contribution in [3.63, 3.8) is 0 Å². The molecule has 5 heteroatoms. The lowest BCUT2D eigenvalue weighted by Gasteiger charge is -2.03.